The maximum absolute atomic E-state index is 7.10. The fourth-order valence-corrected chi connectivity index (χ4v) is 4.31. The lowest BCUT2D eigenvalue weighted by Gasteiger charge is -2.21. The Labute approximate surface area is 180 Å². The van der Waals surface area contributed by atoms with Gasteiger partial charge < -0.3 is 0 Å². The van der Waals surface area contributed by atoms with E-state index in [0.29, 0.717) is 17.3 Å². The Hall–Kier alpha value is -3.55. The highest BCUT2D eigenvalue weighted by molar-refractivity contribution is 6.28. The largest absolute Gasteiger partial charge is 0.238 e. The summed E-state index contributed by atoms with van der Waals surface area (Å²) in [7, 11) is 0. The first-order valence-electron chi connectivity index (χ1n) is 9.61. The molecule has 0 radical (unpaired) electrons. The van der Waals surface area contributed by atoms with E-state index in [1.165, 1.54) is 22.3 Å². The van der Waals surface area contributed by atoms with Crippen LogP contribution in [0.1, 0.15) is 25.0 Å². The van der Waals surface area contributed by atoms with Crippen molar-refractivity contribution in [3.8, 4) is 33.9 Å². The fourth-order valence-electron chi connectivity index (χ4n) is 4.15. The van der Waals surface area contributed by atoms with Gasteiger partial charge in [-0.1, -0.05) is 74.5 Å². The molecule has 0 amide bonds. The van der Waals surface area contributed by atoms with Gasteiger partial charge >= 0.3 is 0 Å². The first-order chi connectivity index (χ1) is 14.5. The molecule has 0 saturated heterocycles. The van der Waals surface area contributed by atoms with Crippen LogP contribution in [0.5, 0.6) is 0 Å². The Morgan fingerprint density at radius 3 is 2.13 bits per heavy atom. The van der Waals surface area contributed by atoms with Gasteiger partial charge in [0.25, 0.3) is 0 Å². The number of hydrogen-bond acceptors (Lipinski definition) is 3. The van der Waals surface area contributed by atoms with E-state index in [0.717, 1.165) is 11.1 Å². The molecule has 4 aromatic rings. The van der Waals surface area contributed by atoms with E-state index in [9.17, 15) is 0 Å². The van der Waals surface area contributed by atoms with Gasteiger partial charge in [-0.2, -0.15) is 9.97 Å². The Balaban J connectivity index is 1.63. The van der Waals surface area contributed by atoms with Crippen LogP contribution in [0.4, 0.5) is 5.69 Å². The lowest BCUT2D eigenvalue weighted by molar-refractivity contribution is 0.660. The molecule has 30 heavy (non-hydrogen) atoms. The average molecular weight is 409 g/mol. The highest BCUT2D eigenvalue weighted by atomic mass is 35.5. The second-order valence-electron chi connectivity index (χ2n) is 7.84. The third-order valence-electron chi connectivity index (χ3n) is 5.70. The standard InChI is InChI=1S/C25H17ClN4/c1-25(2)20-7-5-4-6-18(20)19-14-16(10-13-21(19)25)23-28-22(29-24(26)30-23)15-8-11-17(27-3)12-9-15/h4-14H,1-2H3. The number of benzene rings is 3. The van der Waals surface area contributed by atoms with E-state index in [4.69, 9.17) is 18.2 Å². The van der Waals surface area contributed by atoms with E-state index in [1.807, 2.05) is 18.2 Å². The van der Waals surface area contributed by atoms with Crippen LogP contribution in [0.2, 0.25) is 5.28 Å². The molecule has 0 aliphatic heterocycles. The highest BCUT2D eigenvalue weighted by Gasteiger charge is 2.35. The van der Waals surface area contributed by atoms with E-state index in [2.05, 4.69) is 70.0 Å². The molecule has 0 spiro atoms. The van der Waals surface area contributed by atoms with E-state index >= 15 is 0 Å². The summed E-state index contributed by atoms with van der Waals surface area (Å²) in [6, 6.07) is 22.0. The lowest BCUT2D eigenvalue weighted by atomic mass is 9.82. The van der Waals surface area contributed by atoms with Gasteiger partial charge in [-0.15, -0.1) is 0 Å². The normalized spacial score (nSPS) is 13.4. The molecule has 0 atom stereocenters. The molecular weight excluding hydrogens is 392 g/mol. The molecule has 5 heteroatoms. The highest BCUT2D eigenvalue weighted by Crippen LogP contribution is 2.49. The zero-order chi connectivity index (χ0) is 20.9. The predicted octanol–water partition coefficient (Wildman–Crippen LogP) is 6.72. The lowest BCUT2D eigenvalue weighted by Crippen LogP contribution is -2.14. The topological polar surface area (TPSA) is 43.0 Å². The summed E-state index contributed by atoms with van der Waals surface area (Å²) in [6.45, 7) is 11.6. The van der Waals surface area contributed by atoms with Crippen LogP contribution in [0, 0.1) is 6.57 Å². The predicted molar refractivity (Wildman–Crippen MR) is 120 cm³/mol. The van der Waals surface area contributed by atoms with Crippen molar-refractivity contribution in [3.63, 3.8) is 0 Å². The molecule has 1 aromatic heterocycles. The summed E-state index contributed by atoms with van der Waals surface area (Å²) in [5, 5.41) is 0.144. The number of aromatic nitrogens is 3. The minimum Gasteiger partial charge on any atom is -0.238 e. The number of rotatable bonds is 2. The Morgan fingerprint density at radius 1 is 0.767 bits per heavy atom. The van der Waals surface area contributed by atoms with Crippen molar-refractivity contribution in [1.82, 2.24) is 15.0 Å². The van der Waals surface area contributed by atoms with E-state index in [1.54, 1.807) is 12.1 Å². The van der Waals surface area contributed by atoms with E-state index in [-0.39, 0.29) is 10.7 Å². The monoisotopic (exact) mass is 408 g/mol. The van der Waals surface area contributed by atoms with Gasteiger partial charge in [0.2, 0.25) is 5.28 Å². The molecule has 4 nitrogen and oxygen atoms in total. The van der Waals surface area contributed by atoms with E-state index < -0.39 is 0 Å². The molecule has 0 unspecified atom stereocenters. The van der Waals surface area contributed by atoms with Crippen molar-refractivity contribution < 1.29 is 0 Å². The van der Waals surface area contributed by atoms with Crippen molar-refractivity contribution in [2.75, 3.05) is 0 Å². The summed E-state index contributed by atoms with van der Waals surface area (Å²) in [5.41, 5.74) is 7.28. The molecule has 0 bridgehead atoms. The molecule has 0 N–H and O–H groups in total. The summed E-state index contributed by atoms with van der Waals surface area (Å²) in [4.78, 5) is 16.7. The molecule has 0 fully saturated rings. The number of hydrogen-bond donors (Lipinski definition) is 0. The number of halogens is 1. The summed E-state index contributed by atoms with van der Waals surface area (Å²) >= 11 is 6.24. The summed E-state index contributed by atoms with van der Waals surface area (Å²) in [5.74, 6) is 1.02. The molecule has 0 saturated carbocycles. The minimum absolute atomic E-state index is 0.0446. The third kappa shape index (κ3) is 2.87. The van der Waals surface area contributed by atoms with Crippen LogP contribution < -0.4 is 0 Å². The van der Waals surface area contributed by atoms with Crippen molar-refractivity contribution >= 4 is 17.3 Å². The first kappa shape index (κ1) is 18.5. The zero-order valence-corrected chi connectivity index (χ0v) is 17.3. The fraction of sp³-hybridized carbons (Fsp3) is 0.120. The maximum atomic E-state index is 7.10. The van der Waals surface area contributed by atoms with Gasteiger partial charge in [-0.3, -0.25) is 0 Å². The van der Waals surface area contributed by atoms with Gasteiger partial charge in [0, 0.05) is 16.5 Å². The van der Waals surface area contributed by atoms with Gasteiger partial charge in [0.15, 0.2) is 17.3 Å². The van der Waals surface area contributed by atoms with Crippen LogP contribution >= 0.6 is 11.6 Å². The third-order valence-corrected chi connectivity index (χ3v) is 5.87. The Kier molecular flexibility index (Phi) is 4.16. The number of nitrogens with zero attached hydrogens (tertiary/aromatic N) is 4. The van der Waals surface area contributed by atoms with Crippen LogP contribution in [0.25, 0.3) is 38.7 Å². The van der Waals surface area contributed by atoms with Gasteiger partial charge in [-0.25, -0.2) is 9.83 Å². The van der Waals surface area contributed by atoms with Gasteiger partial charge in [0.05, 0.1) is 6.57 Å². The van der Waals surface area contributed by atoms with Crippen LogP contribution in [-0.2, 0) is 5.41 Å². The molecule has 5 rings (SSSR count). The van der Waals surface area contributed by atoms with Crippen molar-refractivity contribution in [2.24, 2.45) is 0 Å². The van der Waals surface area contributed by atoms with Crippen molar-refractivity contribution in [1.29, 1.82) is 0 Å². The zero-order valence-electron chi connectivity index (χ0n) is 16.5. The Bertz CT molecular complexity index is 1330. The molecule has 1 aliphatic rings. The van der Waals surface area contributed by atoms with Crippen molar-refractivity contribution in [3.05, 3.63) is 94.6 Å². The van der Waals surface area contributed by atoms with Crippen LogP contribution in [0.3, 0.4) is 0 Å². The van der Waals surface area contributed by atoms with Crippen molar-refractivity contribution in [2.45, 2.75) is 19.3 Å². The minimum atomic E-state index is -0.0446. The average Bonchev–Trinajstić information content (AvgIpc) is 3.00. The second kappa shape index (κ2) is 6.76. The quantitative estimate of drug-likeness (QED) is 0.346. The summed E-state index contributed by atoms with van der Waals surface area (Å²) < 4.78 is 0. The molecule has 144 valence electrons. The molecular formula is C25H17ClN4. The summed E-state index contributed by atoms with van der Waals surface area (Å²) in [6.07, 6.45) is 0. The Morgan fingerprint density at radius 2 is 1.40 bits per heavy atom. The number of fused-ring (bicyclic) bond motifs is 3. The maximum Gasteiger partial charge on any atom is 0.226 e. The molecule has 3 aromatic carbocycles. The molecule has 1 heterocycles. The SMILES string of the molecule is [C-]#[N+]c1ccc(-c2nc(Cl)nc(-c3ccc4c(c3)-c3ccccc3C4(C)C)n2)cc1. The molecule has 1 aliphatic carbocycles. The van der Waals surface area contributed by atoms with Crippen LogP contribution in [0.15, 0.2) is 66.7 Å². The van der Waals surface area contributed by atoms with Crippen LogP contribution in [-0.4, -0.2) is 15.0 Å². The smallest absolute Gasteiger partial charge is 0.226 e. The first-order valence-corrected chi connectivity index (χ1v) is 9.99. The van der Waals surface area contributed by atoms with Gasteiger partial charge in [0.1, 0.15) is 0 Å². The second-order valence-corrected chi connectivity index (χ2v) is 8.18. The van der Waals surface area contributed by atoms with Gasteiger partial charge in [-0.05, 0) is 39.9 Å².